The van der Waals surface area contributed by atoms with Gasteiger partial charge in [0.25, 0.3) is 0 Å². The Morgan fingerprint density at radius 2 is 2.00 bits per heavy atom. The molecule has 0 heterocycles. The Morgan fingerprint density at radius 1 is 1.33 bits per heavy atom. The fourth-order valence-corrected chi connectivity index (χ4v) is 1.24. The highest BCUT2D eigenvalue weighted by atomic mass is 16.3. The molecule has 0 amide bonds. The van der Waals surface area contributed by atoms with Crippen molar-refractivity contribution in [1.29, 1.82) is 0 Å². The molecule has 1 fully saturated rings. The van der Waals surface area contributed by atoms with E-state index in [0.717, 1.165) is 19.3 Å². The first-order valence-electron chi connectivity index (χ1n) is 4.67. The topological polar surface area (TPSA) is 20.2 Å². The van der Waals surface area contributed by atoms with Gasteiger partial charge in [0, 0.05) is 11.8 Å². The molecule has 0 saturated heterocycles. The van der Waals surface area contributed by atoms with Crippen LogP contribution in [0.3, 0.4) is 0 Å². The Morgan fingerprint density at radius 3 is 2.33 bits per heavy atom. The smallest absolute Gasteiger partial charge is 0.0577 e. The molecule has 0 spiro atoms. The molecule has 68 valence electrons. The highest BCUT2D eigenvalue weighted by molar-refractivity contribution is 5.08. The van der Waals surface area contributed by atoms with Crippen molar-refractivity contribution in [3.8, 4) is 11.8 Å². The second-order valence-corrected chi connectivity index (χ2v) is 4.66. The second-order valence-electron chi connectivity index (χ2n) is 4.66. The first-order valence-corrected chi connectivity index (χ1v) is 4.67. The standard InChI is InChI=1S/C11H18O/c1-11(2,3)8-4-5-9-6-7-10(9)12/h9-10,12H,5-7H2,1-3H3. The molecule has 12 heavy (non-hydrogen) atoms. The van der Waals surface area contributed by atoms with E-state index in [9.17, 15) is 5.11 Å². The van der Waals surface area contributed by atoms with Crippen LogP contribution in [0.15, 0.2) is 0 Å². The van der Waals surface area contributed by atoms with E-state index in [1.807, 2.05) is 0 Å². The fraction of sp³-hybridized carbons (Fsp3) is 0.818. The third-order valence-electron chi connectivity index (χ3n) is 2.21. The lowest BCUT2D eigenvalue weighted by atomic mass is 9.80. The molecule has 1 N–H and O–H groups in total. The number of aliphatic hydroxyl groups is 1. The third kappa shape index (κ3) is 2.87. The summed E-state index contributed by atoms with van der Waals surface area (Å²) in [6.45, 7) is 6.33. The van der Waals surface area contributed by atoms with Gasteiger partial charge in [0.2, 0.25) is 0 Å². The molecule has 0 aromatic carbocycles. The quantitative estimate of drug-likeness (QED) is 0.592. The molecule has 1 nitrogen and oxygen atoms in total. The molecule has 0 aliphatic heterocycles. The van der Waals surface area contributed by atoms with Gasteiger partial charge in [0.1, 0.15) is 0 Å². The molecule has 2 atom stereocenters. The third-order valence-corrected chi connectivity index (χ3v) is 2.21. The maximum Gasteiger partial charge on any atom is 0.0577 e. The van der Waals surface area contributed by atoms with Gasteiger partial charge in [-0.1, -0.05) is 5.92 Å². The number of hydrogen-bond donors (Lipinski definition) is 1. The molecule has 1 heteroatoms. The molecule has 0 aromatic heterocycles. The van der Waals surface area contributed by atoms with Crippen molar-refractivity contribution in [2.45, 2.75) is 46.1 Å². The van der Waals surface area contributed by atoms with Crippen molar-refractivity contribution in [3.63, 3.8) is 0 Å². The minimum Gasteiger partial charge on any atom is -0.393 e. The van der Waals surface area contributed by atoms with Gasteiger partial charge >= 0.3 is 0 Å². The SMILES string of the molecule is CC(C)(C)C#CCC1CCC1O. The van der Waals surface area contributed by atoms with Gasteiger partial charge in [0.05, 0.1) is 6.10 Å². The predicted molar refractivity (Wildman–Crippen MR) is 50.6 cm³/mol. The van der Waals surface area contributed by atoms with Crippen molar-refractivity contribution in [2.24, 2.45) is 11.3 Å². The normalized spacial score (nSPS) is 28.7. The molecule has 0 aromatic rings. The zero-order valence-corrected chi connectivity index (χ0v) is 8.22. The van der Waals surface area contributed by atoms with E-state index in [-0.39, 0.29) is 11.5 Å². The summed E-state index contributed by atoms with van der Waals surface area (Å²) in [5.41, 5.74) is 0.106. The summed E-state index contributed by atoms with van der Waals surface area (Å²) in [6, 6.07) is 0. The Balaban J connectivity index is 2.28. The van der Waals surface area contributed by atoms with Gasteiger partial charge < -0.3 is 5.11 Å². The largest absolute Gasteiger partial charge is 0.393 e. The van der Waals surface area contributed by atoms with E-state index in [0.29, 0.717) is 5.92 Å². The number of hydrogen-bond acceptors (Lipinski definition) is 1. The predicted octanol–water partition coefficient (Wildman–Crippen LogP) is 2.20. The number of rotatable bonds is 1. The number of aliphatic hydroxyl groups excluding tert-OH is 1. The summed E-state index contributed by atoms with van der Waals surface area (Å²) in [5.74, 6) is 6.79. The molecule has 0 bridgehead atoms. The van der Waals surface area contributed by atoms with Crippen LogP contribution >= 0.6 is 0 Å². The fourth-order valence-electron chi connectivity index (χ4n) is 1.24. The van der Waals surface area contributed by atoms with E-state index >= 15 is 0 Å². The van der Waals surface area contributed by atoms with Crippen molar-refractivity contribution in [3.05, 3.63) is 0 Å². The Labute approximate surface area is 75.2 Å². The average molecular weight is 166 g/mol. The minimum absolute atomic E-state index is 0.0701. The zero-order chi connectivity index (χ0) is 9.19. The van der Waals surface area contributed by atoms with Crippen LogP contribution in [0.2, 0.25) is 0 Å². The summed E-state index contributed by atoms with van der Waals surface area (Å²) in [4.78, 5) is 0. The van der Waals surface area contributed by atoms with Crippen LogP contribution in [0.5, 0.6) is 0 Å². The van der Waals surface area contributed by atoms with Crippen LogP contribution in [0.25, 0.3) is 0 Å². The van der Waals surface area contributed by atoms with Crippen molar-refractivity contribution >= 4 is 0 Å². The van der Waals surface area contributed by atoms with Crippen molar-refractivity contribution in [2.75, 3.05) is 0 Å². The molecule has 1 aliphatic carbocycles. The van der Waals surface area contributed by atoms with E-state index in [1.54, 1.807) is 0 Å². The van der Waals surface area contributed by atoms with Gasteiger partial charge in [-0.3, -0.25) is 0 Å². The van der Waals surface area contributed by atoms with Gasteiger partial charge in [-0.25, -0.2) is 0 Å². The second kappa shape index (κ2) is 3.49. The van der Waals surface area contributed by atoms with Crippen LogP contribution in [-0.2, 0) is 0 Å². The zero-order valence-electron chi connectivity index (χ0n) is 8.22. The van der Waals surface area contributed by atoms with Gasteiger partial charge in [0.15, 0.2) is 0 Å². The first kappa shape index (κ1) is 9.61. The molecule has 1 aliphatic rings. The summed E-state index contributed by atoms with van der Waals surface area (Å²) < 4.78 is 0. The van der Waals surface area contributed by atoms with Crippen LogP contribution < -0.4 is 0 Å². The first-order chi connectivity index (χ1) is 5.49. The van der Waals surface area contributed by atoms with Crippen molar-refractivity contribution < 1.29 is 5.11 Å². The van der Waals surface area contributed by atoms with Crippen LogP contribution in [-0.4, -0.2) is 11.2 Å². The molecule has 1 saturated carbocycles. The molecular weight excluding hydrogens is 148 g/mol. The molecule has 1 rings (SSSR count). The maximum atomic E-state index is 9.27. The lowest BCUT2D eigenvalue weighted by Gasteiger charge is -2.30. The Bertz CT molecular complexity index is 201. The van der Waals surface area contributed by atoms with E-state index < -0.39 is 0 Å². The maximum absolute atomic E-state index is 9.27. The van der Waals surface area contributed by atoms with Gasteiger partial charge in [-0.2, -0.15) is 0 Å². The monoisotopic (exact) mass is 166 g/mol. The highest BCUT2D eigenvalue weighted by Gasteiger charge is 2.27. The molecule has 2 unspecified atom stereocenters. The van der Waals surface area contributed by atoms with E-state index in [2.05, 4.69) is 32.6 Å². The summed E-state index contributed by atoms with van der Waals surface area (Å²) in [7, 11) is 0. The van der Waals surface area contributed by atoms with Crippen LogP contribution in [0, 0.1) is 23.2 Å². The van der Waals surface area contributed by atoms with Crippen LogP contribution in [0.4, 0.5) is 0 Å². The van der Waals surface area contributed by atoms with Gasteiger partial charge in [-0.15, -0.1) is 5.92 Å². The lowest BCUT2D eigenvalue weighted by molar-refractivity contribution is 0.0270. The molecule has 0 radical (unpaired) electrons. The summed E-state index contributed by atoms with van der Waals surface area (Å²) >= 11 is 0. The van der Waals surface area contributed by atoms with Crippen molar-refractivity contribution in [1.82, 2.24) is 0 Å². The summed E-state index contributed by atoms with van der Waals surface area (Å²) in [5, 5.41) is 9.27. The molecular formula is C11H18O. The average Bonchev–Trinajstić information content (AvgIpc) is 1.93. The Hall–Kier alpha value is -0.480. The van der Waals surface area contributed by atoms with Gasteiger partial charge in [-0.05, 0) is 39.5 Å². The lowest BCUT2D eigenvalue weighted by Crippen LogP contribution is -2.30. The Kier molecular flexibility index (Phi) is 2.80. The minimum atomic E-state index is -0.0701. The van der Waals surface area contributed by atoms with E-state index in [4.69, 9.17) is 0 Å². The highest BCUT2D eigenvalue weighted by Crippen LogP contribution is 2.29. The van der Waals surface area contributed by atoms with Crippen LogP contribution in [0.1, 0.15) is 40.0 Å². The van der Waals surface area contributed by atoms with E-state index in [1.165, 1.54) is 0 Å². The summed E-state index contributed by atoms with van der Waals surface area (Å²) in [6.07, 6.45) is 2.93.